The summed E-state index contributed by atoms with van der Waals surface area (Å²) in [6, 6.07) is 11.2. The van der Waals surface area contributed by atoms with Crippen molar-refractivity contribution in [2.75, 3.05) is 33.0 Å². The molecular formula is C21H21ClN2O6S. The fraction of sp³-hybridized carbons (Fsp3) is 0.381. The van der Waals surface area contributed by atoms with E-state index < -0.39 is 15.7 Å². The van der Waals surface area contributed by atoms with Crippen LogP contribution >= 0.6 is 11.6 Å². The molecule has 2 fully saturated rings. The zero-order valence-electron chi connectivity index (χ0n) is 16.6. The molecule has 3 heterocycles. The number of nitrogens with zero attached hydrogens (tertiary/aromatic N) is 2. The number of ether oxygens (including phenoxy) is 3. The Bertz CT molecular complexity index is 1110. The third-order valence-corrected chi connectivity index (χ3v) is 8.19. The fourth-order valence-electron chi connectivity index (χ4n) is 4.33. The highest BCUT2D eigenvalue weighted by molar-refractivity contribution is 7.89. The number of halogens is 1. The minimum absolute atomic E-state index is 0.127. The number of carbonyl (C=O) groups is 1. The van der Waals surface area contributed by atoms with Crippen LogP contribution in [0.15, 0.2) is 47.4 Å². The molecule has 0 aliphatic carbocycles. The molecule has 0 N–H and O–H groups in total. The van der Waals surface area contributed by atoms with Crippen molar-refractivity contribution >= 4 is 27.5 Å². The molecule has 0 unspecified atom stereocenters. The molecule has 1 amide bonds. The molecule has 3 aliphatic heterocycles. The zero-order valence-corrected chi connectivity index (χ0v) is 18.2. The predicted molar refractivity (Wildman–Crippen MR) is 112 cm³/mol. The van der Waals surface area contributed by atoms with E-state index >= 15 is 0 Å². The van der Waals surface area contributed by atoms with Gasteiger partial charge in [0, 0.05) is 43.1 Å². The van der Waals surface area contributed by atoms with Crippen molar-refractivity contribution in [2.45, 2.75) is 23.5 Å². The highest BCUT2D eigenvalue weighted by atomic mass is 35.5. The zero-order chi connectivity index (χ0) is 21.6. The number of hydrogen-bond donors (Lipinski definition) is 0. The second kappa shape index (κ2) is 7.67. The second-order valence-corrected chi connectivity index (χ2v) is 9.98. The maximum Gasteiger partial charge on any atom is 0.253 e. The summed E-state index contributed by atoms with van der Waals surface area (Å²) in [4.78, 5) is 14.9. The first-order valence-electron chi connectivity index (χ1n) is 10.0. The SMILES string of the molecule is O=C(c1ccc2c(c1)OCO2)N1CCC2(CC1)OCCN2S(=O)(=O)c1ccc(Cl)cc1. The molecule has 3 aliphatic rings. The van der Waals surface area contributed by atoms with Gasteiger partial charge >= 0.3 is 0 Å². The molecule has 5 rings (SSSR count). The average molecular weight is 465 g/mol. The molecule has 2 saturated heterocycles. The Morgan fingerprint density at radius 1 is 0.968 bits per heavy atom. The van der Waals surface area contributed by atoms with Gasteiger partial charge in [0.25, 0.3) is 5.91 Å². The van der Waals surface area contributed by atoms with Crippen LogP contribution in [0.25, 0.3) is 0 Å². The maximum absolute atomic E-state index is 13.3. The number of likely N-dealkylation sites (tertiary alicyclic amines) is 1. The van der Waals surface area contributed by atoms with Gasteiger partial charge in [-0.25, -0.2) is 8.42 Å². The summed E-state index contributed by atoms with van der Waals surface area (Å²) in [6.07, 6.45) is 0.798. The highest BCUT2D eigenvalue weighted by Gasteiger charge is 2.51. The van der Waals surface area contributed by atoms with Gasteiger partial charge in [-0.1, -0.05) is 11.6 Å². The van der Waals surface area contributed by atoms with Crippen molar-refractivity contribution in [1.29, 1.82) is 0 Å². The van der Waals surface area contributed by atoms with Gasteiger partial charge in [-0.3, -0.25) is 4.79 Å². The van der Waals surface area contributed by atoms with Crippen molar-refractivity contribution in [3.63, 3.8) is 0 Å². The Kier molecular flexibility index (Phi) is 5.09. The quantitative estimate of drug-likeness (QED) is 0.694. The smallest absolute Gasteiger partial charge is 0.253 e. The van der Waals surface area contributed by atoms with Crippen LogP contribution in [-0.4, -0.2) is 62.3 Å². The lowest BCUT2D eigenvalue weighted by molar-refractivity contribution is -0.0857. The molecule has 1 spiro atoms. The van der Waals surface area contributed by atoms with E-state index in [1.165, 1.54) is 16.4 Å². The van der Waals surface area contributed by atoms with Crippen LogP contribution in [0.2, 0.25) is 5.02 Å². The number of sulfonamides is 1. The van der Waals surface area contributed by atoms with Crippen molar-refractivity contribution < 1.29 is 27.4 Å². The molecule has 31 heavy (non-hydrogen) atoms. The van der Waals surface area contributed by atoms with Gasteiger partial charge in [-0.05, 0) is 42.5 Å². The molecular weight excluding hydrogens is 444 g/mol. The van der Waals surface area contributed by atoms with E-state index in [0.717, 1.165) is 0 Å². The lowest BCUT2D eigenvalue weighted by Crippen LogP contribution is -2.55. The normalized spacial score (nSPS) is 20.4. The van der Waals surface area contributed by atoms with Crippen molar-refractivity contribution in [3.8, 4) is 11.5 Å². The maximum atomic E-state index is 13.3. The van der Waals surface area contributed by atoms with Crippen molar-refractivity contribution in [1.82, 2.24) is 9.21 Å². The first-order chi connectivity index (χ1) is 14.9. The standard InChI is InChI=1S/C21H21ClN2O6S/c22-16-2-4-17(5-3-16)31(26,27)24-11-12-30-21(24)7-9-23(10-8-21)20(25)15-1-6-18-19(13-15)29-14-28-18/h1-6,13H,7-12,14H2. The number of carbonyl (C=O) groups excluding carboxylic acids is 1. The fourth-order valence-corrected chi connectivity index (χ4v) is 6.18. The Balaban J connectivity index is 1.32. The summed E-state index contributed by atoms with van der Waals surface area (Å²) < 4.78 is 44.6. The van der Waals surface area contributed by atoms with E-state index in [-0.39, 0.29) is 24.1 Å². The van der Waals surface area contributed by atoms with Crippen LogP contribution < -0.4 is 9.47 Å². The molecule has 0 atom stereocenters. The third kappa shape index (κ3) is 3.55. The topological polar surface area (TPSA) is 85.4 Å². The number of fused-ring (bicyclic) bond motifs is 1. The molecule has 0 radical (unpaired) electrons. The molecule has 2 aromatic rings. The highest BCUT2D eigenvalue weighted by Crippen LogP contribution is 2.39. The van der Waals surface area contributed by atoms with Gasteiger partial charge in [-0.15, -0.1) is 0 Å². The number of amides is 1. The van der Waals surface area contributed by atoms with Crippen LogP contribution in [0.5, 0.6) is 11.5 Å². The van der Waals surface area contributed by atoms with E-state index in [2.05, 4.69) is 0 Å². The third-order valence-electron chi connectivity index (χ3n) is 5.97. The van der Waals surface area contributed by atoms with Crippen LogP contribution in [0.1, 0.15) is 23.2 Å². The van der Waals surface area contributed by atoms with Crippen LogP contribution in [0, 0.1) is 0 Å². The van der Waals surface area contributed by atoms with Crippen LogP contribution in [0.3, 0.4) is 0 Å². The van der Waals surface area contributed by atoms with E-state index in [9.17, 15) is 13.2 Å². The predicted octanol–water partition coefficient (Wildman–Crippen LogP) is 2.72. The Hall–Kier alpha value is -2.33. The van der Waals surface area contributed by atoms with Crippen molar-refractivity contribution in [2.24, 2.45) is 0 Å². The minimum atomic E-state index is -3.74. The first kappa shape index (κ1) is 20.6. The van der Waals surface area contributed by atoms with Gasteiger partial charge in [0.05, 0.1) is 11.5 Å². The molecule has 0 aromatic heterocycles. The summed E-state index contributed by atoms with van der Waals surface area (Å²) in [7, 11) is -3.74. The summed E-state index contributed by atoms with van der Waals surface area (Å²) >= 11 is 5.91. The second-order valence-electron chi connectivity index (χ2n) is 7.69. The van der Waals surface area contributed by atoms with Gasteiger partial charge < -0.3 is 19.1 Å². The van der Waals surface area contributed by atoms with E-state index in [1.807, 2.05) is 0 Å². The molecule has 10 heteroatoms. The van der Waals surface area contributed by atoms with E-state index in [4.69, 9.17) is 25.8 Å². The summed E-state index contributed by atoms with van der Waals surface area (Å²) in [5.41, 5.74) is -0.428. The monoisotopic (exact) mass is 464 g/mol. The molecule has 0 saturated carbocycles. The van der Waals surface area contributed by atoms with Crippen LogP contribution in [-0.2, 0) is 14.8 Å². The van der Waals surface area contributed by atoms with Gasteiger partial charge in [0.15, 0.2) is 11.5 Å². The summed E-state index contributed by atoms with van der Waals surface area (Å²) in [6.45, 7) is 1.53. The average Bonchev–Trinajstić information content (AvgIpc) is 3.41. The molecule has 8 nitrogen and oxygen atoms in total. The lowest BCUT2D eigenvalue weighted by atomic mass is 10.00. The van der Waals surface area contributed by atoms with E-state index in [1.54, 1.807) is 35.2 Å². The number of rotatable bonds is 3. The van der Waals surface area contributed by atoms with Crippen LogP contribution in [0.4, 0.5) is 0 Å². The Labute approximate surface area is 185 Å². The van der Waals surface area contributed by atoms with Gasteiger partial charge in [0.2, 0.25) is 16.8 Å². The summed E-state index contributed by atoms with van der Waals surface area (Å²) in [5.74, 6) is 1.05. The number of hydrogen-bond acceptors (Lipinski definition) is 6. The Morgan fingerprint density at radius 2 is 1.68 bits per heavy atom. The largest absolute Gasteiger partial charge is 0.454 e. The molecule has 2 aromatic carbocycles. The molecule has 164 valence electrons. The van der Waals surface area contributed by atoms with Gasteiger partial charge in [-0.2, -0.15) is 4.31 Å². The first-order valence-corrected chi connectivity index (χ1v) is 11.8. The van der Waals surface area contributed by atoms with Gasteiger partial charge in [0.1, 0.15) is 5.72 Å². The number of piperidine rings is 1. The van der Waals surface area contributed by atoms with E-state index in [0.29, 0.717) is 54.6 Å². The molecule has 0 bridgehead atoms. The van der Waals surface area contributed by atoms with Crippen molar-refractivity contribution in [3.05, 3.63) is 53.1 Å². The Morgan fingerprint density at radius 3 is 2.42 bits per heavy atom. The summed E-state index contributed by atoms with van der Waals surface area (Å²) in [5, 5.41) is 0.474. The minimum Gasteiger partial charge on any atom is -0.454 e. The number of benzene rings is 2. The lowest BCUT2D eigenvalue weighted by Gasteiger charge is -2.42.